The number of nitro groups is 1. The number of anilines is 1. The zero-order chi connectivity index (χ0) is 20.9. The molecule has 8 heteroatoms. The van der Waals surface area contributed by atoms with E-state index in [-0.39, 0.29) is 22.8 Å². The molecule has 2 N–H and O–H groups in total. The number of amides is 1. The largest absolute Gasteiger partial charge is 0.484 e. The molecule has 0 saturated carbocycles. The second-order valence-electron chi connectivity index (χ2n) is 7.32. The van der Waals surface area contributed by atoms with E-state index < -0.39 is 10.8 Å². The summed E-state index contributed by atoms with van der Waals surface area (Å²) < 4.78 is 5.48. The smallest absolute Gasteiger partial charge is 0.269 e. The minimum Gasteiger partial charge on any atom is -0.484 e. The highest BCUT2D eigenvalue weighted by Gasteiger charge is 2.14. The van der Waals surface area contributed by atoms with Crippen LogP contribution in [0.1, 0.15) is 31.9 Å². The summed E-state index contributed by atoms with van der Waals surface area (Å²) in [6.07, 6.45) is 0. The van der Waals surface area contributed by atoms with Gasteiger partial charge in [-0.1, -0.05) is 32.9 Å². The maximum atomic E-state index is 12.0. The zero-order valence-electron chi connectivity index (χ0n) is 16.2. The quantitative estimate of drug-likeness (QED) is 0.445. The fourth-order valence-electron chi connectivity index (χ4n) is 2.42. The van der Waals surface area contributed by atoms with Crippen molar-refractivity contribution in [1.82, 2.24) is 5.32 Å². The lowest BCUT2D eigenvalue weighted by atomic mass is 9.87. The van der Waals surface area contributed by atoms with Crippen molar-refractivity contribution in [3.8, 4) is 5.75 Å². The number of hydrogen-bond donors (Lipinski definition) is 2. The highest BCUT2D eigenvalue weighted by atomic mass is 32.1. The molecular weight excluding hydrogens is 378 g/mol. The molecule has 0 bridgehead atoms. The Labute approximate surface area is 169 Å². The first-order chi connectivity index (χ1) is 13.1. The number of hydrogen-bond acceptors (Lipinski definition) is 5. The Balaban J connectivity index is 1.86. The minimum atomic E-state index is -0.470. The number of ether oxygens (including phenoxy) is 1. The van der Waals surface area contributed by atoms with Gasteiger partial charge in [-0.25, -0.2) is 0 Å². The molecule has 0 aliphatic carbocycles. The molecule has 148 valence electrons. The van der Waals surface area contributed by atoms with Crippen molar-refractivity contribution in [1.29, 1.82) is 0 Å². The maximum Gasteiger partial charge on any atom is 0.269 e. The van der Waals surface area contributed by atoms with E-state index >= 15 is 0 Å². The van der Waals surface area contributed by atoms with Crippen LogP contribution in [0.3, 0.4) is 0 Å². The standard InChI is InChI=1S/C20H23N3O4S/c1-13-11-15(23(25)26)7-10-17(13)21-19(28)22-18(24)12-27-16-8-5-14(6-9-16)20(2,3)4/h5-11H,12H2,1-4H3,(H2,21,22,24,28). The predicted molar refractivity (Wildman–Crippen MR) is 113 cm³/mol. The van der Waals surface area contributed by atoms with Crippen LogP contribution >= 0.6 is 12.2 Å². The molecule has 2 rings (SSSR count). The van der Waals surface area contributed by atoms with Gasteiger partial charge in [0, 0.05) is 17.8 Å². The van der Waals surface area contributed by atoms with Gasteiger partial charge >= 0.3 is 0 Å². The van der Waals surface area contributed by atoms with Crippen LogP contribution in [-0.4, -0.2) is 22.5 Å². The zero-order valence-corrected chi connectivity index (χ0v) is 17.1. The van der Waals surface area contributed by atoms with Crippen LogP contribution in [0, 0.1) is 17.0 Å². The first-order valence-corrected chi connectivity index (χ1v) is 9.06. The topological polar surface area (TPSA) is 93.5 Å². The van der Waals surface area contributed by atoms with Crippen molar-refractivity contribution in [2.45, 2.75) is 33.1 Å². The Hall–Kier alpha value is -3.00. The van der Waals surface area contributed by atoms with Crippen LogP contribution < -0.4 is 15.4 Å². The van der Waals surface area contributed by atoms with Crippen LogP contribution in [0.4, 0.5) is 11.4 Å². The molecule has 0 unspecified atom stereocenters. The SMILES string of the molecule is Cc1cc([N+](=O)[O-])ccc1NC(=S)NC(=O)COc1ccc(C(C)(C)C)cc1. The van der Waals surface area contributed by atoms with Crippen LogP contribution in [0.5, 0.6) is 5.75 Å². The maximum absolute atomic E-state index is 12.0. The van der Waals surface area contributed by atoms with E-state index in [1.165, 1.54) is 17.7 Å². The van der Waals surface area contributed by atoms with E-state index in [1.54, 1.807) is 13.0 Å². The van der Waals surface area contributed by atoms with Gasteiger partial charge in [0.15, 0.2) is 11.7 Å². The number of nitrogens with zero attached hydrogens (tertiary/aromatic N) is 1. The molecule has 1 amide bonds. The van der Waals surface area contributed by atoms with Gasteiger partial charge in [-0.3, -0.25) is 20.2 Å². The number of thiocarbonyl (C=S) groups is 1. The molecule has 0 radical (unpaired) electrons. The summed E-state index contributed by atoms with van der Waals surface area (Å²) in [7, 11) is 0. The monoisotopic (exact) mass is 401 g/mol. The molecule has 0 aromatic heterocycles. The van der Waals surface area contributed by atoms with Gasteiger partial charge in [-0.2, -0.15) is 0 Å². The Morgan fingerprint density at radius 3 is 2.36 bits per heavy atom. The normalized spacial score (nSPS) is 10.9. The highest BCUT2D eigenvalue weighted by molar-refractivity contribution is 7.80. The fourth-order valence-corrected chi connectivity index (χ4v) is 2.64. The van der Waals surface area contributed by atoms with E-state index in [1.807, 2.05) is 24.3 Å². The summed E-state index contributed by atoms with van der Waals surface area (Å²) in [5, 5.41) is 16.2. The lowest BCUT2D eigenvalue weighted by molar-refractivity contribution is -0.384. The third kappa shape index (κ3) is 6.02. The third-order valence-electron chi connectivity index (χ3n) is 4.01. The third-order valence-corrected chi connectivity index (χ3v) is 4.22. The summed E-state index contributed by atoms with van der Waals surface area (Å²) >= 11 is 5.11. The molecule has 7 nitrogen and oxygen atoms in total. The molecule has 28 heavy (non-hydrogen) atoms. The molecule has 0 aliphatic heterocycles. The molecular formula is C20H23N3O4S. The van der Waals surface area contributed by atoms with E-state index in [2.05, 4.69) is 31.4 Å². The van der Waals surface area contributed by atoms with Gasteiger partial charge in [-0.15, -0.1) is 0 Å². The van der Waals surface area contributed by atoms with Gasteiger partial charge in [0.05, 0.1) is 4.92 Å². The molecule has 0 atom stereocenters. The van der Waals surface area contributed by atoms with Gasteiger partial charge in [0.1, 0.15) is 5.75 Å². The average Bonchev–Trinajstić information content (AvgIpc) is 2.61. The number of carbonyl (C=O) groups excluding carboxylic acids is 1. The number of non-ortho nitro benzene ring substituents is 1. The summed E-state index contributed by atoms with van der Waals surface area (Å²) in [5.74, 6) is 0.185. The van der Waals surface area contributed by atoms with Crippen LogP contribution in [0.25, 0.3) is 0 Å². The number of rotatable bonds is 5. The number of aryl methyl sites for hydroxylation is 1. The summed E-state index contributed by atoms with van der Waals surface area (Å²) in [5.41, 5.74) is 2.43. The van der Waals surface area contributed by atoms with Crippen LogP contribution in [0.15, 0.2) is 42.5 Å². The van der Waals surface area contributed by atoms with E-state index in [4.69, 9.17) is 17.0 Å². The Morgan fingerprint density at radius 1 is 1.18 bits per heavy atom. The fraction of sp³-hybridized carbons (Fsp3) is 0.300. The van der Waals surface area contributed by atoms with Crippen molar-refractivity contribution < 1.29 is 14.5 Å². The molecule has 0 spiro atoms. The van der Waals surface area contributed by atoms with Crippen molar-refractivity contribution >= 4 is 34.6 Å². The summed E-state index contributed by atoms with van der Waals surface area (Å²) in [4.78, 5) is 22.3. The number of benzene rings is 2. The van der Waals surface area contributed by atoms with Crippen LogP contribution in [-0.2, 0) is 10.2 Å². The number of nitrogens with one attached hydrogen (secondary N) is 2. The number of carbonyl (C=O) groups is 1. The van der Waals surface area contributed by atoms with Gasteiger partial charge in [-0.05, 0) is 53.9 Å². The molecule has 0 fully saturated rings. The Kier molecular flexibility index (Phi) is 6.69. The lowest BCUT2D eigenvalue weighted by Gasteiger charge is -2.19. The van der Waals surface area contributed by atoms with Crippen LogP contribution in [0.2, 0.25) is 0 Å². The van der Waals surface area contributed by atoms with Crippen molar-refractivity contribution in [2.75, 3.05) is 11.9 Å². The second-order valence-corrected chi connectivity index (χ2v) is 7.73. The van der Waals surface area contributed by atoms with Gasteiger partial charge in [0.25, 0.3) is 11.6 Å². The first-order valence-electron chi connectivity index (χ1n) is 8.65. The second kappa shape index (κ2) is 8.79. The molecule has 0 aliphatic rings. The molecule has 0 saturated heterocycles. The Bertz CT molecular complexity index is 889. The first kappa shape index (κ1) is 21.3. The average molecular weight is 401 g/mol. The molecule has 2 aromatic rings. The highest BCUT2D eigenvalue weighted by Crippen LogP contribution is 2.24. The van der Waals surface area contributed by atoms with Gasteiger partial charge in [0.2, 0.25) is 0 Å². The number of nitro benzene ring substituents is 1. The van der Waals surface area contributed by atoms with E-state index in [9.17, 15) is 14.9 Å². The predicted octanol–water partition coefficient (Wildman–Crippen LogP) is 4.09. The van der Waals surface area contributed by atoms with Crippen molar-refractivity contribution in [3.63, 3.8) is 0 Å². The lowest BCUT2D eigenvalue weighted by Crippen LogP contribution is -2.37. The van der Waals surface area contributed by atoms with Crippen molar-refractivity contribution in [3.05, 3.63) is 63.7 Å². The summed E-state index contributed by atoms with van der Waals surface area (Å²) in [6, 6.07) is 11.9. The molecule has 2 aromatic carbocycles. The van der Waals surface area contributed by atoms with E-state index in [0.717, 1.165) is 0 Å². The molecule has 0 heterocycles. The minimum absolute atomic E-state index is 0.0103. The Morgan fingerprint density at radius 2 is 1.82 bits per heavy atom. The van der Waals surface area contributed by atoms with Crippen molar-refractivity contribution in [2.24, 2.45) is 0 Å². The van der Waals surface area contributed by atoms with Gasteiger partial charge < -0.3 is 10.1 Å². The van der Waals surface area contributed by atoms with E-state index in [0.29, 0.717) is 17.0 Å². The summed E-state index contributed by atoms with van der Waals surface area (Å²) in [6.45, 7) is 7.89.